The van der Waals surface area contributed by atoms with Crippen LogP contribution in [0, 0.1) is 0 Å². The van der Waals surface area contributed by atoms with Gasteiger partial charge in [-0.25, -0.2) is 4.98 Å². The lowest BCUT2D eigenvalue weighted by atomic mass is 10.3. The van der Waals surface area contributed by atoms with Crippen molar-refractivity contribution in [3.8, 4) is 11.5 Å². The van der Waals surface area contributed by atoms with Gasteiger partial charge in [-0.15, -0.1) is 11.3 Å². The molecule has 0 unspecified atom stereocenters. The Morgan fingerprint density at radius 2 is 2.05 bits per heavy atom. The van der Waals surface area contributed by atoms with Crippen LogP contribution in [-0.4, -0.2) is 10.9 Å². The summed E-state index contributed by atoms with van der Waals surface area (Å²) in [5.74, 6) is 0.559. The molecule has 3 rings (SSSR count). The molecule has 0 bridgehead atoms. The summed E-state index contributed by atoms with van der Waals surface area (Å²) in [6, 6.07) is 9.00. The summed E-state index contributed by atoms with van der Waals surface area (Å²) in [6.07, 6.45) is 1.60. The number of nitrogens with two attached hydrogens (primary N) is 1. The minimum atomic E-state index is -0.484. The number of aromatic nitrogens is 1. The number of benzene rings is 1. The predicted molar refractivity (Wildman–Crippen MR) is 87.4 cm³/mol. The molecule has 0 spiro atoms. The first-order valence-corrected chi connectivity index (χ1v) is 7.84. The zero-order chi connectivity index (χ0) is 15.0. The van der Waals surface area contributed by atoms with Crippen LogP contribution in [-0.2, 0) is 0 Å². The first-order chi connectivity index (χ1) is 10.0. The third-order valence-corrected chi connectivity index (χ3v) is 4.65. The number of primary amides is 1. The van der Waals surface area contributed by atoms with Crippen LogP contribution in [0.25, 0.3) is 10.1 Å². The molecule has 0 radical (unpaired) electrons. The van der Waals surface area contributed by atoms with Crippen molar-refractivity contribution in [2.75, 3.05) is 0 Å². The van der Waals surface area contributed by atoms with Crippen LogP contribution in [0.4, 0.5) is 0 Å². The first kappa shape index (κ1) is 14.3. The molecule has 21 heavy (non-hydrogen) atoms. The van der Waals surface area contributed by atoms with E-state index in [2.05, 4.69) is 20.9 Å². The van der Waals surface area contributed by atoms with Gasteiger partial charge in [-0.2, -0.15) is 0 Å². The highest BCUT2D eigenvalue weighted by Crippen LogP contribution is 2.39. The molecule has 2 heterocycles. The molecule has 106 valence electrons. The van der Waals surface area contributed by atoms with Gasteiger partial charge < -0.3 is 10.5 Å². The molecule has 2 aromatic heterocycles. The summed E-state index contributed by atoms with van der Waals surface area (Å²) in [6.45, 7) is 0. The molecular formula is C14H8BrClN2O2S. The van der Waals surface area contributed by atoms with Gasteiger partial charge in [-0.1, -0.05) is 27.5 Å². The average molecular weight is 384 g/mol. The zero-order valence-electron chi connectivity index (χ0n) is 10.5. The van der Waals surface area contributed by atoms with Crippen molar-refractivity contribution >= 4 is 54.9 Å². The van der Waals surface area contributed by atoms with Gasteiger partial charge in [-0.05, 0) is 30.3 Å². The van der Waals surface area contributed by atoms with Gasteiger partial charge in [0.1, 0.15) is 5.75 Å². The molecule has 4 nitrogen and oxygen atoms in total. The normalized spacial score (nSPS) is 10.8. The number of carbonyl (C=O) groups is 1. The van der Waals surface area contributed by atoms with Crippen LogP contribution in [0.3, 0.4) is 0 Å². The van der Waals surface area contributed by atoms with Crippen LogP contribution in [0.5, 0.6) is 11.5 Å². The summed E-state index contributed by atoms with van der Waals surface area (Å²) in [7, 11) is 0. The van der Waals surface area contributed by atoms with E-state index in [0.717, 1.165) is 14.6 Å². The van der Waals surface area contributed by atoms with Crippen molar-refractivity contribution in [1.82, 2.24) is 4.98 Å². The van der Waals surface area contributed by atoms with Crippen LogP contribution >= 0.6 is 38.9 Å². The number of rotatable bonds is 3. The SMILES string of the molecule is NC(=O)c1cc2c(Oc3ccc(Br)cc3)c(Cl)ncc2s1. The molecule has 7 heteroatoms. The summed E-state index contributed by atoms with van der Waals surface area (Å²) in [4.78, 5) is 15.8. The van der Waals surface area contributed by atoms with E-state index in [-0.39, 0.29) is 5.15 Å². The monoisotopic (exact) mass is 382 g/mol. The summed E-state index contributed by atoms with van der Waals surface area (Å²) >= 11 is 10.7. The molecule has 0 aliphatic carbocycles. The second kappa shape index (κ2) is 5.63. The molecule has 0 saturated heterocycles. The Bertz CT molecular complexity index is 833. The molecule has 0 aliphatic heterocycles. The molecule has 0 atom stereocenters. The first-order valence-electron chi connectivity index (χ1n) is 5.86. The highest BCUT2D eigenvalue weighted by Gasteiger charge is 2.15. The maximum absolute atomic E-state index is 11.3. The molecule has 1 amide bonds. The van der Waals surface area contributed by atoms with Crippen molar-refractivity contribution in [2.24, 2.45) is 5.73 Å². The lowest BCUT2D eigenvalue weighted by Crippen LogP contribution is -2.08. The van der Waals surface area contributed by atoms with E-state index in [4.69, 9.17) is 22.1 Å². The van der Waals surface area contributed by atoms with E-state index in [1.165, 1.54) is 11.3 Å². The standard InChI is InChI=1S/C14H8BrClN2O2S/c15-7-1-3-8(4-2-7)20-12-9-5-10(14(17)19)21-11(9)6-18-13(12)16/h1-6H,(H2,17,19). The highest BCUT2D eigenvalue weighted by atomic mass is 79.9. The van der Waals surface area contributed by atoms with Crippen molar-refractivity contribution < 1.29 is 9.53 Å². The van der Waals surface area contributed by atoms with Crippen molar-refractivity contribution in [1.29, 1.82) is 0 Å². The third-order valence-electron chi connectivity index (χ3n) is 2.76. The Labute approximate surface area is 137 Å². The van der Waals surface area contributed by atoms with E-state index < -0.39 is 5.91 Å². The van der Waals surface area contributed by atoms with Crippen LogP contribution < -0.4 is 10.5 Å². The lowest BCUT2D eigenvalue weighted by molar-refractivity contribution is 0.100. The molecule has 3 aromatic rings. The largest absolute Gasteiger partial charge is 0.453 e. The van der Waals surface area contributed by atoms with Gasteiger partial charge in [0.2, 0.25) is 0 Å². The van der Waals surface area contributed by atoms with Gasteiger partial charge in [0.15, 0.2) is 10.9 Å². The Hall–Kier alpha value is -1.63. The zero-order valence-corrected chi connectivity index (χ0v) is 13.6. The maximum atomic E-state index is 11.3. The second-order valence-corrected chi connectivity index (χ2v) is 6.54. The number of pyridine rings is 1. The Balaban J connectivity index is 2.09. The van der Waals surface area contributed by atoms with E-state index in [0.29, 0.717) is 16.4 Å². The van der Waals surface area contributed by atoms with Gasteiger partial charge in [0.05, 0.1) is 9.58 Å². The fraction of sp³-hybridized carbons (Fsp3) is 0. The van der Waals surface area contributed by atoms with Gasteiger partial charge >= 0.3 is 0 Å². The fourth-order valence-electron chi connectivity index (χ4n) is 1.80. The number of nitrogens with zero attached hydrogens (tertiary/aromatic N) is 1. The molecule has 1 aromatic carbocycles. The minimum absolute atomic E-state index is 0.235. The van der Waals surface area contributed by atoms with E-state index in [1.54, 1.807) is 24.4 Å². The summed E-state index contributed by atoms with van der Waals surface area (Å²) < 4.78 is 7.55. The van der Waals surface area contributed by atoms with E-state index in [1.807, 2.05) is 12.1 Å². The maximum Gasteiger partial charge on any atom is 0.258 e. The van der Waals surface area contributed by atoms with Crippen LogP contribution in [0.2, 0.25) is 5.15 Å². The number of amides is 1. The number of carbonyl (C=O) groups excluding carboxylic acids is 1. The molecule has 0 saturated carbocycles. The molecular weight excluding hydrogens is 376 g/mol. The Morgan fingerprint density at radius 3 is 2.71 bits per heavy atom. The van der Waals surface area contributed by atoms with Crippen LogP contribution in [0.15, 0.2) is 41.0 Å². The molecule has 0 aliphatic rings. The number of ether oxygens (including phenoxy) is 1. The summed E-state index contributed by atoms with van der Waals surface area (Å²) in [5.41, 5.74) is 5.31. The topological polar surface area (TPSA) is 65.2 Å². The highest BCUT2D eigenvalue weighted by molar-refractivity contribution is 9.10. The molecule has 2 N–H and O–H groups in total. The number of thiophene rings is 1. The van der Waals surface area contributed by atoms with Gasteiger partial charge in [0.25, 0.3) is 5.91 Å². The quantitative estimate of drug-likeness (QED) is 0.672. The van der Waals surface area contributed by atoms with Crippen molar-refractivity contribution in [3.63, 3.8) is 0 Å². The smallest absolute Gasteiger partial charge is 0.258 e. The number of hydrogen-bond donors (Lipinski definition) is 1. The lowest BCUT2D eigenvalue weighted by Gasteiger charge is -2.08. The van der Waals surface area contributed by atoms with E-state index >= 15 is 0 Å². The second-order valence-electron chi connectivity index (χ2n) is 4.19. The Kier molecular flexibility index (Phi) is 3.84. The average Bonchev–Trinajstić information content (AvgIpc) is 2.89. The number of fused-ring (bicyclic) bond motifs is 1. The number of halogens is 2. The molecule has 0 fully saturated rings. The fourth-order valence-corrected chi connectivity index (χ4v) is 3.14. The van der Waals surface area contributed by atoms with Gasteiger partial charge in [-0.3, -0.25) is 4.79 Å². The van der Waals surface area contributed by atoms with Crippen molar-refractivity contribution in [3.05, 3.63) is 51.0 Å². The summed E-state index contributed by atoms with van der Waals surface area (Å²) in [5, 5.41) is 0.955. The minimum Gasteiger partial charge on any atom is -0.453 e. The van der Waals surface area contributed by atoms with Crippen LogP contribution in [0.1, 0.15) is 9.67 Å². The van der Waals surface area contributed by atoms with Gasteiger partial charge in [0, 0.05) is 16.1 Å². The Morgan fingerprint density at radius 1 is 1.33 bits per heavy atom. The predicted octanol–water partition coefficient (Wildman–Crippen LogP) is 4.60. The van der Waals surface area contributed by atoms with E-state index in [9.17, 15) is 4.79 Å². The van der Waals surface area contributed by atoms with Crippen molar-refractivity contribution in [2.45, 2.75) is 0 Å². The third kappa shape index (κ3) is 2.88. The number of hydrogen-bond acceptors (Lipinski definition) is 4.